The molecule has 0 saturated carbocycles. The number of carbonyl (C=O) groups is 1. The van der Waals surface area contributed by atoms with Gasteiger partial charge in [-0.15, -0.1) is 0 Å². The van der Waals surface area contributed by atoms with Gasteiger partial charge in [0.05, 0.1) is 11.3 Å². The van der Waals surface area contributed by atoms with Crippen molar-refractivity contribution in [2.24, 2.45) is 0 Å². The molecule has 126 valence electrons. The van der Waals surface area contributed by atoms with Gasteiger partial charge in [-0.05, 0) is 17.7 Å². The molecule has 0 atom stereocenters. The second-order valence-electron chi connectivity index (χ2n) is 5.20. The monoisotopic (exact) mass is 344 g/mol. The van der Waals surface area contributed by atoms with Gasteiger partial charge in [0.2, 0.25) is 5.82 Å². The summed E-state index contributed by atoms with van der Waals surface area (Å²) >= 11 is 0. The molecule has 2 aromatic carbocycles. The third kappa shape index (κ3) is 3.50. The number of rotatable bonds is 3. The molecule has 4 nitrogen and oxygen atoms in total. The van der Waals surface area contributed by atoms with E-state index in [1.807, 2.05) is 0 Å². The first-order valence-corrected chi connectivity index (χ1v) is 7.19. The highest BCUT2D eigenvalue weighted by Crippen LogP contribution is 2.34. The maximum atomic E-state index is 13.0. The molecule has 0 bridgehead atoms. The van der Waals surface area contributed by atoms with Crippen molar-refractivity contribution in [1.82, 2.24) is 9.97 Å². The van der Waals surface area contributed by atoms with Crippen LogP contribution < -0.4 is 0 Å². The zero-order valence-electron chi connectivity index (χ0n) is 12.7. The van der Waals surface area contributed by atoms with E-state index >= 15 is 0 Å². The van der Waals surface area contributed by atoms with Crippen LogP contribution in [0.3, 0.4) is 0 Å². The fraction of sp³-hybridized carbons (Fsp3) is 0.0556. The molecule has 3 rings (SSSR count). The molecule has 1 N–H and O–H groups in total. The molecule has 3 aromatic rings. The first-order valence-electron chi connectivity index (χ1n) is 7.19. The SMILES string of the molecule is O=C(O)c1ccc(-c2cnc(C(F)(F)F)nc2-c2ccccc2)cc1. The van der Waals surface area contributed by atoms with E-state index in [1.54, 1.807) is 30.3 Å². The summed E-state index contributed by atoms with van der Waals surface area (Å²) in [4.78, 5) is 18.1. The van der Waals surface area contributed by atoms with Crippen LogP contribution >= 0.6 is 0 Å². The summed E-state index contributed by atoms with van der Waals surface area (Å²) in [5, 5.41) is 8.96. The minimum Gasteiger partial charge on any atom is -0.478 e. The molecule has 0 fully saturated rings. The summed E-state index contributed by atoms with van der Waals surface area (Å²) in [5.74, 6) is -2.31. The second kappa shape index (κ2) is 6.35. The van der Waals surface area contributed by atoms with Crippen LogP contribution in [-0.4, -0.2) is 21.0 Å². The summed E-state index contributed by atoms with van der Waals surface area (Å²) in [6.45, 7) is 0. The first kappa shape index (κ1) is 16.6. The summed E-state index contributed by atoms with van der Waals surface area (Å²) in [6, 6.07) is 14.2. The highest BCUT2D eigenvalue weighted by molar-refractivity contribution is 5.89. The Bertz CT molecular complexity index is 908. The number of aromatic carboxylic acids is 1. The fourth-order valence-corrected chi connectivity index (χ4v) is 2.34. The average Bonchev–Trinajstić information content (AvgIpc) is 2.61. The van der Waals surface area contributed by atoms with E-state index in [0.717, 1.165) is 6.20 Å². The van der Waals surface area contributed by atoms with Crippen LogP contribution in [0.4, 0.5) is 13.2 Å². The zero-order chi connectivity index (χ0) is 18.0. The number of carboxylic acids is 1. The Hall–Kier alpha value is -3.22. The maximum absolute atomic E-state index is 13.0. The van der Waals surface area contributed by atoms with Crippen molar-refractivity contribution in [3.05, 3.63) is 72.2 Å². The van der Waals surface area contributed by atoms with E-state index < -0.39 is 18.0 Å². The predicted molar refractivity (Wildman–Crippen MR) is 84.9 cm³/mol. The van der Waals surface area contributed by atoms with Gasteiger partial charge in [-0.25, -0.2) is 14.8 Å². The quantitative estimate of drug-likeness (QED) is 0.758. The number of hydrogen-bond donors (Lipinski definition) is 1. The lowest BCUT2D eigenvalue weighted by Crippen LogP contribution is -2.12. The van der Waals surface area contributed by atoms with Gasteiger partial charge in [0, 0.05) is 17.3 Å². The number of nitrogens with zero attached hydrogens (tertiary/aromatic N) is 2. The lowest BCUT2D eigenvalue weighted by Gasteiger charge is -2.12. The van der Waals surface area contributed by atoms with Crippen molar-refractivity contribution in [2.45, 2.75) is 6.18 Å². The normalized spacial score (nSPS) is 11.3. The van der Waals surface area contributed by atoms with Gasteiger partial charge >= 0.3 is 12.1 Å². The van der Waals surface area contributed by atoms with Crippen LogP contribution in [0.25, 0.3) is 22.4 Å². The Morgan fingerprint density at radius 3 is 2.12 bits per heavy atom. The van der Waals surface area contributed by atoms with E-state index in [4.69, 9.17) is 5.11 Å². The molecule has 25 heavy (non-hydrogen) atoms. The van der Waals surface area contributed by atoms with Gasteiger partial charge in [0.15, 0.2) is 0 Å². The van der Waals surface area contributed by atoms with Crippen molar-refractivity contribution in [2.75, 3.05) is 0 Å². The average molecular weight is 344 g/mol. The predicted octanol–water partition coefficient (Wildman–Crippen LogP) is 4.53. The number of halogens is 3. The van der Waals surface area contributed by atoms with Gasteiger partial charge in [0.25, 0.3) is 0 Å². The third-order valence-corrected chi connectivity index (χ3v) is 3.53. The lowest BCUT2D eigenvalue weighted by molar-refractivity contribution is -0.144. The number of alkyl halides is 3. The molecule has 7 heteroatoms. The fourth-order valence-electron chi connectivity index (χ4n) is 2.34. The van der Waals surface area contributed by atoms with Crippen LogP contribution in [0, 0.1) is 0 Å². The molecule has 0 aliphatic heterocycles. The molecule has 0 spiro atoms. The van der Waals surface area contributed by atoms with Crippen molar-refractivity contribution in [1.29, 1.82) is 0 Å². The largest absolute Gasteiger partial charge is 0.478 e. The summed E-state index contributed by atoms with van der Waals surface area (Å²) in [5.41, 5.74) is 1.63. The molecule has 0 radical (unpaired) electrons. The topological polar surface area (TPSA) is 63.1 Å². The molecular formula is C18H11F3N2O2. The molecule has 1 heterocycles. The van der Waals surface area contributed by atoms with Crippen molar-refractivity contribution in [3.8, 4) is 22.4 Å². The molecular weight excluding hydrogens is 333 g/mol. The minimum absolute atomic E-state index is 0.0813. The maximum Gasteiger partial charge on any atom is 0.451 e. The van der Waals surface area contributed by atoms with E-state index in [2.05, 4.69) is 9.97 Å². The van der Waals surface area contributed by atoms with Gasteiger partial charge in [0.1, 0.15) is 0 Å². The Balaban J connectivity index is 2.17. The standard InChI is InChI=1S/C18H11F3N2O2/c19-18(20,21)17-22-10-14(11-6-8-13(9-7-11)16(24)25)15(23-17)12-4-2-1-3-5-12/h1-10H,(H,24,25). The summed E-state index contributed by atoms with van der Waals surface area (Å²) in [6.07, 6.45) is -3.55. The Labute approximate surface area is 140 Å². The molecule has 0 unspecified atom stereocenters. The van der Waals surface area contributed by atoms with Crippen molar-refractivity contribution >= 4 is 5.97 Å². The molecule has 1 aromatic heterocycles. The number of benzene rings is 2. The smallest absolute Gasteiger partial charge is 0.451 e. The number of aromatic nitrogens is 2. The van der Waals surface area contributed by atoms with Crippen molar-refractivity contribution < 1.29 is 23.1 Å². The van der Waals surface area contributed by atoms with Crippen LogP contribution in [0.1, 0.15) is 16.2 Å². The van der Waals surface area contributed by atoms with Crippen molar-refractivity contribution in [3.63, 3.8) is 0 Å². The minimum atomic E-state index is -4.66. The molecule has 0 amide bonds. The van der Waals surface area contributed by atoms with E-state index in [9.17, 15) is 18.0 Å². The second-order valence-corrected chi connectivity index (χ2v) is 5.20. The van der Waals surface area contributed by atoms with Gasteiger partial charge < -0.3 is 5.11 Å². The highest BCUT2D eigenvalue weighted by Gasteiger charge is 2.35. The highest BCUT2D eigenvalue weighted by atomic mass is 19.4. The molecule has 0 aliphatic rings. The molecule has 0 saturated heterocycles. The van der Waals surface area contributed by atoms with E-state index in [0.29, 0.717) is 16.7 Å². The number of carboxylic acid groups (broad SMARTS) is 1. The Kier molecular flexibility index (Phi) is 4.22. The van der Waals surface area contributed by atoms with Crippen LogP contribution in [0.2, 0.25) is 0 Å². The summed E-state index contributed by atoms with van der Waals surface area (Å²) < 4.78 is 38.9. The first-order chi connectivity index (χ1) is 11.9. The van der Waals surface area contributed by atoms with Gasteiger partial charge in [-0.3, -0.25) is 0 Å². The lowest BCUT2D eigenvalue weighted by atomic mass is 9.99. The van der Waals surface area contributed by atoms with E-state index in [1.165, 1.54) is 24.3 Å². The van der Waals surface area contributed by atoms with E-state index in [-0.39, 0.29) is 11.3 Å². The van der Waals surface area contributed by atoms with Gasteiger partial charge in [-0.1, -0.05) is 42.5 Å². The summed E-state index contributed by atoms with van der Waals surface area (Å²) in [7, 11) is 0. The van der Waals surface area contributed by atoms with Crippen LogP contribution in [0.5, 0.6) is 0 Å². The zero-order valence-corrected chi connectivity index (χ0v) is 12.7. The van der Waals surface area contributed by atoms with Crippen LogP contribution in [0.15, 0.2) is 60.8 Å². The number of hydrogen-bond acceptors (Lipinski definition) is 3. The van der Waals surface area contributed by atoms with Gasteiger partial charge in [-0.2, -0.15) is 13.2 Å². The Morgan fingerprint density at radius 2 is 1.56 bits per heavy atom. The molecule has 0 aliphatic carbocycles. The van der Waals surface area contributed by atoms with Crippen LogP contribution in [-0.2, 0) is 6.18 Å². The Morgan fingerprint density at radius 1 is 0.920 bits per heavy atom. The third-order valence-electron chi connectivity index (χ3n) is 3.53.